The monoisotopic (exact) mass is 515 g/mol. The van der Waals surface area contributed by atoms with Gasteiger partial charge >= 0.3 is 6.03 Å². The first kappa shape index (κ1) is 26.3. The van der Waals surface area contributed by atoms with Gasteiger partial charge in [-0.1, -0.05) is 19.8 Å². The van der Waals surface area contributed by atoms with Crippen molar-refractivity contribution in [2.75, 3.05) is 25.0 Å². The number of anilines is 1. The van der Waals surface area contributed by atoms with Gasteiger partial charge in [0.2, 0.25) is 10.0 Å². The smallest absolute Gasteiger partial charge is 0.318 e. The van der Waals surface area contributed by atoms with E-state index in [1.165, 1.54) is 14.6 Å². The quantitative estimate of drug-likeness (QED) is 0.624. The number of urea groups is 1. The maximum atomic E-state index is 13.1. The molecule has 0 aromatic heterocycles. The largest absolute Gasteiger partial charge is 0.351 e. The van der Waals surface area contributed by atoms with Crippen LogP contribution < -0.4 is 16.0 Å². The van der Waals surface area contributed by atoms with Crippen LogP contribution in [-0.4, -0.2) is 56.2 Å². The zero-order chi connectivity index (χ0) is 26.3. The lowest BCUT2D eigenvalue weighted by Crippen LogP contribution is -2.50. The lowest BCUT2D eigenvalue weighted by Gasteiger charge is -2.34. The summed E-state index contributed by atoms with van der Waals surface area (Å²) in [5.74, 6) is 1.74. The molecule has 1 spiro atoms. The molecule has 9 nitrogen and oxygen atoms in total. The van der Waals surface area contributed by atoms with Crippen molar-refractivity contribution in [3.05, 3.63) is 34.2 Å². The summed E-state index contributed by atoms with van der Waals surface area (Å²) in [5.41, 5.74) is 7.62. The predicted octanol–water partition coefficient (Wildman–Crippen LogP) is 3.31. The third-order valence-corrected chi connectivity index (χ3v) is 9.58. The molecule has 36 heavy (non-hydrogen) atoms. The van der Waals surface area contributed by atoms with Crippen molar-refractivity contribution in [3.8, 4) is 0 Å². The van der Waals surface area contributed by atoms with Gasteiger partial charge in [-0.05, 0) is 80.3 Å². The highest BCUT2D eigenvalue weighted by Gasteiger charge is 2.48. The van der Waals surface area contributed by atoms with Gasteiger partial charge in [0.05, 0.1) is 0 Å². The number of hydrogen-bond acceptors (Lipinski definition) is 5. The number of rotatable bonds is 5. The van der Waals surface area contributed by atoms with Gasteiger partial charge in [0.15, 0.2) is 0 Å². The number of amides is 3. The number of carbonyl (C=O) groups is 2. The highest BCUT2D eigenvalue weighted by molar-refractivity contribution is 7.92. The molecule has 3 N–H and O–H groups in total. The van der Waals surface area contributed by atoms with Crippen LogP contribution in [0, 0.1) is 25.7 Å². The first-order valence-corrected chi connectivity index (χ1v) is 14.2. The van der Waals surface area contributed by atoms with Crippen molar-refractivity contribution in [1.29, 1.82) is 0 Å². The van der Waals surface area contributed by atoms with Gasteiger partial charge < -0.3 is 11.1 Å². The summed E-state index contributed by atoms with van der Waals surface area (Å²) in [5, 5.41) is 4.25. The molecule has 4 rings (SSSR count). The number of sulfonamides is 1. The highest BCUT2D eigenvalue weighted by atomic mass is 32.2. The fourth-order valence-corrected chi connectivity index (χ4v) is 6.67. The maximum absolute atomic E-state index is 13.1. The fraction of sp³-hybridized carbons (Fsp3) is 0.577. The van der Waals surface area contributed by atoms with Crippen LogP contribution in [0.5, 0.6) is 0 Å². The molecule has 2 fully saturated rings. The lowest BCUT2D eigenvalue weighted by atomic mass is 9.82. The molecule has 196 valence electrons. The maximum Gasteiger partial charge on any atom is 0.318 e. The predicted molar refractivity (Wildman–Crippen MR) is 142 cm³/mol. The molecule has 2 aliphatic heterocycles. The zero-order valence-electron chi connectivity index (χ0n) is 21.6. The summed E-state index contributed by atoms with van der Waals surface area (Å²) in [7, 11) is -2.08. The number of nitrogens with two attached hydrogens (primary N) is 1. The lowest BCUT2D eigenvalue weighted by molar-refractivity contribution is -0.125. The van der Waals surface area contributed by atoms with E-state index in [0.29, 0.717) is 24.4 Å². The minimum Gasteiger partial charge on any atom is -0.351 e. The number of hydrogen-bond donors (Lipinski definition) is 2. The Hall–Kier alpha value is -2.72. The Kier molecular flexibility index (Phi) is 7.30. The standard InChI is InChI=1S/C26H37N5O4S/c1-17-5-7-20(8-6-17)23-28-24(32)26(29-23)10-12-31(13-11-26)36(34,35)14-9-22-18(2)15-21(16-19(22)3)30(4)25(27)33/h9,14-17,20H,5-8,10-13H2,1-4H3,(H2,27,33)(H,28,29,32)/b14-9+. The number of aryl methyl sites for hydroxylation is 2. The third kappa shape index (κ3) is 5.20. The van der Waals surface area contributed by atoms with E-state index in [0.717, 1.165) is 54.1 Å². The Morgan fingerprint density at radius 3 is 2.31 bits per heavy atom. The summed E-state index contributed by atoms with van der Waals surface area (Å²) in [6.07, 6.45) is 6.74. The Bertz CT molecular complexity index is 1180. The van der Waals surface area contributed by atoms with Crippen molar-refractivity contribution in [2.24, 2.45) is 22.6 Å². The Morgan fingerprint density at radius 2 is 1.75 bits per heavy atom. The Labute approximate surface area is 213 Å². The van der Waals surface area contributed by atoms with Crippen LogP contribution in [0.2, 0.25) is 0 Å². The van der Waals surface area contributed by atoms with E-state index in [4.69, 9.17) is 10.7 Å². The van der Waals surface area contributed by atoms with Crippen molar-refractivity contribution in [1.82, 2.24) is 9.62 Å². The van der Waals surface area contributed by atoms with Gasteiger partial charge in [0, 0.05) is 37.2 Å². The molecule has 0 radical (unpaired) electrons. The van der Waals surface area contributed by atoms with Crippen LogP contribution in [0.3, 0.4) is 0 Å². The number of piperidine rings is 1. The van der Waals surface area contributed by atoms with Crippen molar-refractivity contribution in [3.63, 3.8) is 0 Å². The number of primary amides is 1. The SMILES string of the molecule is Cc1cc(N(C)C(N)=O)cc(C)c1/C=C/S(=O)(=O)N1CCC2(CC1)N=C(C1CCC(C)CC1)NC2=O. The van der Waals surface area contributed by atoms with Gasteiger partial charge in [-0.2, -0.15) is 4.31 Å². The number of aliphatic imine (C=N–C) groups is 1. The Morgan fingerprint density at radius 1 is 1.17 bits per heavy atom. The van der Waals surface area contributed by atoms with E-state index in [1.54, 1.807) is 25.3 Å². The minimum absolute atomic E-state index is 0.0871. The molecule has 0 bridgehead atoms. The van der Waals surface area contributed by atoms with Gasteiger partial charge in [0.25, 0.3) is 5.91 Å². The van der Waals surface area contributed by atoms with Crippen molar-refractivity contribution in [2.45, 2.75) is 64.8 Å². The molecule has 1 aromatic rings. The molecule has 1 aliphatic carbocycles. The van der Waals surface area contributed by atoms with E-state index >= 15 is 0 Å². The molecule has 1 aromatic carbocycles. The first-order chi connectivity index (χ1) is 16.9. The number of nitrogens with one attached hydrogen (secondary N) is 1. The average Bonchev–Trinajstić information content (AvgIpc) is 3.13. The number of amidine groups is 1. The molecule has 1 saturated heterocycles. The second kappa shape index (κ2) is 9.97. The van der Waals surface area contributed by atoms with E-state index in [2.05, 4.69) is 12.2 Å². The summed E-state index contributed by atoms with van der Waals surface area (Å²) in [6, 6.07) is 3.04. The average molecular weight is 516 g/mol. The van der Waals surface area contributed by atoms with E-state index in [-0.39, 0.29) is 19.0 Å². The number of benzene rings is 1. The Balaban J connectivity index is 1.44. The molecule has 1 saturated carbocycles. The molecule has 0 atom stereocenters. The number of carbonyl (C=O) groups excluding carboxylic acids is 2. The highest BCUT2D eigenvalue weighted by Crippen LogP contribution is 2.36. The fourth-order valence-electron chi connectivity index (χ4n) is 5.49. The van der Waals surface area contributed by atoms with Gasteiger partial charge in [0.1, 0.15) is 11.4 Å². The van der Waals surface area contributed by atoms with Crippen LogP contribution >= 0.6 is 0 Å². The zero-order valence-corrected chi connectivity index (χ0v) is 22.4. The minimum atomic E-state index is -3.67. The van der Waals surface area contributed by atoms with Gasteiger partial charge in [-0.25, -0.2) is 13.2 Å². The van der Waals surface area contributed by atoms with Gasteiger partial charge in [-0.3, -0.25) is 14.7 Å². The second-order valence-electron chi connectivity index (χ2n) is 10.6. The van der Waals surface area contributed by atoms with E-state index in [1.807, 2.05) is 13.8 Å². The number of nitrogens with zero attached hydrogens (tertiary/aromatic N) is 3. The normalized spacial score (nSPS) is 24.7. The topological polar surface area (TPSA) is 125 Å². The summed E-state index contributed by atoms with van der Waals surface area (Å²) < 4.78 is 27.6. The molecule has 0 unspecified atom stereocenters. The molecule has 10 heteroatoms. The molecular formula is C26H37N5O4S. The first-order valence-electron chi connectivity index (χ1n) is 12.7. The van der Waals surface area contributed by atoms with Crippen LogP contribution in [-0.2, 0) is 14.8 Å². The van der Waals surface area contributed by atoms with Crippen LogP contribution in [0.1, 0.15) is 62.1 Å². The molecule has 3 aliphatic rings. The summed E-state index contributed by atoms with van der Waals surface area (Å²) >= 11 is 0. The van der Waals surface area contributed by atoms with Crippen molar-refractivity contribution >= 4 is 39.6 Å². The van der Waals surface area contributed by atoms with E-state index < -0.39 is 21.6 Å². The molecule has 2 heterocycles. The second-order valence-corrected chi connectivity index (χ2v) is 12.4. The molecular weight excluding hydrogens is 478 g/mol. The van der Waals surface area contributed by atoms with Crippen LogP contribution in [0.15, 0.2) is 22.5 Å². The third-order valence-electron chi connectivity index (χ3n) is 8.01. The van der Waals surface area contributed by atoms with Crippen LogP contribution in [0.4, 0.5) is 10.5 Å². The van der Waals surface area contributed by atoms with Gasteiger partial charge in [-0.15, -0.1) is 0 Å². The van der Waals surface area contributed by atoms with E-state index in [9.17, 15) is 18.0 Å². The summed E-state index contributed by atoms with van der Waals surface area (Å²) in [6.45, 7) is 6.49. The van der Waals surface area contributed by atoms with Crippen molar-refractivity contribution < 1.29 is 18.0 Å². The summed E-state index contributed by atoms with van der Waals surface area (Å²) in [4.78, 5) is 30.6. The van der Waals surface area contributed by atoms with Crippen LogP contribution in [0.25, 0.3) is 6.08 Å². The molecule has 3 amide bonds.